The molecule has 2 fully saturated rings. The molecule has 4 heteroatoms. The van der Waals surface area contributed by atoms with Gasteiger partial charge in [0.2, 0.25) is 0 Å². The Morgan fingerprint density at radius 3 is 2.94 bits per heavy atom. The van der Waals surface area contributed by atoms with Crippen molar-refractivity contribution < 1.29 is 0 Å². The van der Waals surface area contributed by atoms with E-state index in [4.69, 9.17) is 4.98 Å². The van der Waals surface area contributed by atoms with Crippen LogP contribution in [0.2, 0.25) is 0 Å². The van der Waals surface area contributed by atoms with Gasteiger partial charge in [-0.15, -0.1) is 11.3 Å². The Morgan fingerprint density at radius 1 is 1.44 bits per heavy atom. The highest BCUT2D eigenvalue weighted by Crippen LogP contribution is 2.36. The van der Waals surface area contributed by atoms with E-state index in [2.05, 4.69) is 29.6 Å². The van der Waals surface area contributed by atoms with E-state index in [9.17, 15) is 0 Å². The van der Waals surface area contributed by atoms with Gasteiger partial charge in [-0.1, -0.05) is 0 Å². The lowest BCUT2D eigenvalue weighted by molar-refractivity contribution is 0.119. The Hall–Kier alpha value is -0.450. The van der Waals surface area contributed by atoms with E-state index in [1.54, 1.807) is 0 Å². The molecule has 1 saturated carbocycles. The fourth-order valence-corrected chi connectivity index (χ4v) is 4.03. The van der Waals surface area contributed by atoms with Crippen LogP contribution in [-0.4, -0.2) is 36.1 Å². The maximum atomic E-state index is 4.73. The smallest absolute Gasteiger partial charge is 0.110 e. The van der Waals surface area contributed by atoms with Crippen molar-refractivity contribution in [1.82, 2.24) is 15.2 Å². The fraction of sp³-hybridized carbons (Fsp3) is 0.786. The average Bonchev–Trinajstić information content (AvgIpc) is 3.09. The van der Waals surface area contributed by atoms with Gasteiger partial charge >= 0.3 is 0 Å². The molecule has 1 saturated heterocycles. The lowest BCUT2D eigenvalue weighted by Crippen LogP contribution is -2.40. The van der Waals surface area contributed by atoms with Crippen molar-refractivity contribution in [3.63, 3.8) is 0 Å². The van der Waals surface area contributed by atoms with Crippen molar-refractivity contribution in [3.8, 4) is 0 Å². The van der Waals surface area contributed by atoms with Gasteiger partial charge in [-0.25, -0.2) is 4.98 Å². The number of nitrogens with one attached hydrogen (secondary N) is 1. The molecule has 1 aromatic heterocycles. The van der Waals surface area contributed by atoms with E-state index in [1.165, 1.54) is 42.9 Å². The molecule has 0 bridgehead atoms. The number of thiazole rings is 1. The number of nitrogens with zero attached hydrogens (tertiary/aromatic N) is 2. The average molecular weight is 265 g/mol. The zero-order valence-corrected chi connectivity index (χ0v) is 12.2. The Morgan fingerprint density at radius 2 is 2.28 bits per heavy atom. The van der Waals surface area contributed by atoms with Crippen LogP contribution in [0.4, 0.5) is 0 Å². The van der Waals surface area contributed by atoms with Gasteiger partial charge in [-0.05, 0) is 52.1 Å². The van der Waals surface area contributed by atoms with Gasteiger partial charge in [0.1, 0.15) is 5.01 Å². The summed E-state index contributed by atoms with van der Waals surface area (Å²) in [5.74, 6) is 0.731. The summed E-state index contributed by atoms with van der Waals surface area (Å²) in [6, 6.07) is 1.35. The first-order valence-corrected chi connectivity index (χ1v) is 7.97. The van der Waals surface area contributed by atoms with Gasteiger partial charge in [0, 0.05) is 23.7 Å². The van der Waals surface area contributed by atoms with Gasteiger partial charge in [0.05, 0.1) is 6.04 Å². The van der Waals surface area contributed by atoms with Crippen LogP contribution in [0.1, 0.15) is 42.4 Å². The Bertz CT molecular complexity index is 399. The molecule has 1 N–H and O–H groups in total. The molecule has 0 amide bonds. The van der Waals surface area contributed by atoms with Crippen molar-refractivity contribution in [2.24, 2.45) is 5.92 Å². The van der Waals surface area contributed by atoms with E-state index in [-0.39, 0.29) is 0 Å². The molecule has 2 atom stereocenters. The highest BCUT2D eigenvalue weighted by Gasteiger charge is 2.33. The van der Waals surface area contributed by atoms with Crippen molar-refractivity contribution in [1.29, 1.82) is 0 Å². The van der Waals surface area contributed by atoms with Crippen LogP contribution in [0.5, 0.6) is 0 Å². The SMILES string of the molecule is Cc1csc(C2C(CNC3CC3)CCCN2C)n1. The second kappa shape index (κ2) is 5.27. The fourth-order valence-electron chi connectivity index (χ4n) is 2.98. The van der Waals surface area contributed by atoms with Gasteiger partial charge in [0.25, 0.3) is 0 Å². The molecule has 1 aliphatic heterocycles. The summed E-state index contributed by atoms with van der Waals surface area (Å²) in [6.07, 6.45) is 5.43. The van der Waals surface area contributed by atoms with E-state index in [0.717, 1.165) is 18.5 Å². The molecule has 1 aromatic rings. The van der Waals surface area contributed by atoms with Crippen LogP contribution >= 0.6 is 11.3 Å². The summed E-state index contributed by atoms with van der Waals surface area (Å²) in [6.45, 7) is 4.47. The normalized spacial score (nSPS) is 29.7. The third kappa shape index (κ3) is 2.76. The summed E-state index contributed by atoms with van der Waals surface area (Å²) in [5.41, 5.74) is 1.17. The van der Waals surface area contributed by atoms with Crippen LogP contribution in [-0.2, 0) is 0 Å². The second-order valence-electron chi connectivity index (χ2n) is 5.84. The third-order valence-electron chi connectivity index (χ3n) is 4.14. The number of hydrogen-bond donors (Lipinski definition) is 1. The number of aromatic nitrogens is 1. The lowest BCUT2D eigenvalue weighted by Gasteiger charge is -2.38. The molecule has 0 aromatic carbocycles. The molecule has 3 nitrogen and oxygen atoms in total. The highest BCUT2D eigenvalue weighted by atomic mass is 32.1. The molecular weight excluding hydrogens is 242 g/mol. The molecule has 2 aliphatic rings. The van der Waals surface area contributed by atoms with Crippen molar-refractivity contribution in [2.45, 2.75) is 44.7 Å². The van der Waals surface area contributed by atoms with Gasteiger partial charge in [0.15, 0.2) is 0 Å². The van der Waals surface area contributed by atoms with E-state index in [1.807, 2.05) is 11.3 Å². The minimum Gasteiger partial charge on any atom is -0.314 e. The Balaban J connectivity index is 1.71. The zero-order chi connectivity index (χ0) is 12.5. The monoisotopic (exact) mass is 265 g/mol. The van der Waals surface area contributed by atoms with E-state index < -0.39 is 0 Å². The molecule has 0 radical (unpaired) electrons. The van der Waals surface area contributed by atoms with Crippen LogP contribution in [0.25, 0.3) is 0 Å². The van der Waals surface area contributed by atoms with Gasteiger partial charge in [-0.2, -0.15) is 0 Å². The molecule has 0 spiro atoms. The Labute approximate surface area is 114 Å². The summed E-state index contributed by atoms with van der Waals surface area (Å²) in [4.78, 5) is 7.23. The molecule has 2 unspecified atom stereocenters. The van der Waals surface area contributed by atoms with Crippen molar-refractivity contribution in [2.75, 3.05) is 20.1 Å². The highest BCUT2D eigenvalue weighted by molar-refractivity contribution is 7.09. The van der Waals surface area contributed by atoms with Crippen LogP contribution in [0.15, 0.2) is 5.38 Å². The maximum absolute atomic E-state index is 4.73. The van der Waals surface area contributed by atoms with E-state index >= 15 is 0 Å². The van der Waals surface area contributed by atoms with E-state index in [0.29, 0.717) is 6.04 Å². The second-order valence-corrected chi connectivity index (χ2v) is 6.73. The molecule has 1 aliphatic carbocycles. The molecule has 18 heavy (non-hydrogen) atoms. The summed E-state index contributed by atoms with van der Waals surface area (Å²) >= 11 is 1.83. The first-order valence-electron chi connectivity index (χ1n) is 7.09. The first kappa shape index (κ1) is 12.6. The summed E-state index contributed by atoms with van der Waals surface area (Å²) in [7, 11) is 2.25. The number of piperidine rings is 1. The maximum Gasteiger partial charge on any atom is 0.110 e. The van der Waals surface area contributed by atoms with Crippen molar-refractivity contribution in [3.05, 3.63) is 16.1 Å². The lowest BCUT2D eigenvalue weighted by atomic mass is 9.89. The minimum absolute atomic E-state index is 0.531. The molecule has 3 rings (SSSR count). The van der Waals surface area contributed by atoms with Crippen LogP contribution in [0.3, 0.4) is 0 Å². The quantitative estimate of drug-likeness (QED) is 0.907. The predicted molar refractivity (Wildman–Crippen MR) is 76.0 cm³/mol. The minimum atomic E-state index is 0.531. The molecular formula is C14H23N3S. The summed E-state index contributed by atoms with van der Waals surface area (Å²) < 4.78 is 0. The number of hydrogen-bond acceptors (Lipinski definition) is 4. The van der Waals surface area contributed by atoms with Crippen LogP contribution in [0, 0.1) is 12.8 Å². The summed E-state index contributed by atoms with van der Waals surface area (Å²) in [5, 5.41) is 7.20. The first-order chi connectivity index (χ1) is 8.74. The van der Waals surface area contributed by atoms with Crippen LogP contribution < -0.4 is 5.32 Å². The number of likely N-dealkylation sites (tertiary alicyclic amines) is 1. The van der Waals surface area contributed by atoms with Gasteiger partial charge < -0.3 is 5.32 Å². The van der Waals surface area contributed by atoms with Crippen molar-refractivity contribution >= 4 is 11.3 Å². The molecule has 2 heterocycles. The largest absolute Gasteiger partial charge is 0.314 e. The zero-order valence-electron chi connectivity index (χ0n) is 11.4. The molecule has 100 valence electrons. The number of rotatable bonds is 4. The van der Waals surface area contributed by atoms with Gasteiger partial charge in [-0.3, -0.25) is 4.90 Å². The third-order valence-corrected chi connectivity index (χ3v) is 5.18. The topological polar surface area (TPSA) is 28.2 Å². The number of aryl methyl sites for hydroxylation is 1. The standard InChI is InChI=1S/C14H23N3S/c1-10-9-18-14(16-10)13-11(4-3-7-17(13)2)8-15-12-5-6-12/h9,11-13,15H,3-8H2,1-2H3. The predicted octanol–water partition coefficient (Wildman–Crippen LogP) is 2.59. The Kier molecular flexibility index (Phi) is 3.68.